The molecule has 7 N–H and O–H groups in total. The van der Waals surface area contributed by atoms with Crippen LogP contribution in [0.25, 0.3) is 0 Å². The molecule has 0 saturated heterocycles. The second-order valence-corrected chi connectivity index (χ2v) is 4.51. The van der Waals surface area contributed by atoms with E-state index in [-0.39, 0.29) is 5.75 Å². The summed E-state index contributed by atoms with van der Waals surface area (Å²) >= 11 is 3.87. The van der Waals surface area contributed by atoms with Crippen LogP contribution in [0.4, 0.5) is 0 Å². The summed E-state index contributed by atoms with van der Waals surface area (Å²) in [5.74, 6) is -1.93. The molecule has 0 aromatic rings. The van der Waals surface area contributed by atoms with E-state index < -0.39 is 42.0 Å². The Morgan fingerprint density at radius 1 is 1.21 bits per heavy atom. The Morgan fingerprint density at radius 3 is 2.11 bits per heavy atom. The molecular formula is C10H20N4O4S. The molecule has 8 nitrogen and oxygen atoms in total. The van der Waals surface area contributed by atoms with Gasteiger partial charge in [0.2, 0.25) is 17.7 Å². The van der Waals surface area contributed by atoms with Gasteiger partial charge in [-0.1, -0.05) is 0 Å². The Kier molecular flexibility index (Phi) is 7.42. The Hall–Kier alpha value is -1.32. The van der Waals surface area contributed by atoms with Crippen LogP contribution in [-0.2, 0) is 14.4 Å². The summed E-state index contributed by atoms with van der Waals surface area (Å²) in [5.41, 5.74) is 10.4. The summed E-state index contributed by atoms with van der Waals surface area (Å²) in [5, 5.41) is 13.8. The van der Waals surface area contributed by atoms with Crippen LogP contribution in [0.15, 0.2) is 0 Å². The first-order chi connectivity index (χ1) is 8.70. The Balaban J connectivity index is 4.42. The van der Waals surface area contributed by atoms with E-state index in [1.807, 2.05) is 0 Å². The van der Waals surface area contributed by atoms with Crippen LogP contribution in [0.3, 0.4) is 0 Å². The molecule has 0 unspecified atom stereocenters. The lowest BCUT2D eigenvalue weighted by Gasteiger charge is -2.20. The normalized spacial score (nSPS) is 16.9. The van der Waals surface area contributed by atoms with Gasteiger partial charge in [-0.05, 0) is 13.8 Å². The standard InChI is InChI=1S/C10H20N4O4S/c1-4(13-10(18)7(11)5(2)15)9(17)14-6(3-19)8(12)16/h4-7,15,19H,3,11H2,1-2H3,(H2,12,16)(H,13,18)(H,14,17)/t4-,5+,6-,7-/m0/s1. The smallest absolute Gasteiger partial charge is 0.242 e. The zero-order valence-electron chi connectivity index (χ0n) is 10.8. The van der Waals surface area contributed by atoms with Gasteiger partial charge in [-0.2, -0.15) is 12.6 Å². The van der Waals surface area contributed by atoms with Crippen molar-refractivity contribution in [1.29, 1.82) is 0 Å². The number of amides is 3. The maximum atomic E-state index is 11.7. The van der Waals surface area contributed by atoms with Gasteiger partial charge in [-0.25, -0.2) is 0 Å². The molecule has 110 valence electrons. The molecule has 0 saturated carbocycles. The van der Waals surface area contributed by atoms with E-state index in [2.05, 4.69) is 23.3 Å². The Labute approximate surface area is 116 Å². The number of nitrogens with two attached hydrogens (primary N) is 2. The van der Waals surface area contributed by atoms with Crippen LogP contribution in [0.1, 0.15) is 13.8 Å². The fraction of sp³-hybridized carbons (Fsp3) is 0.700. The molecular weight excluding hydrogens is 272 g/mol. The van der Waals surface area contributed by atoms with E-state index >= 15 is 0 Å². The quantitative estimate of drug-likeness (QED) is 0.278. The molecule has 0 aromatic carbocycles. The van der Waals surface area contributed by atoms with E-state index in [1.165, 1.54) is 13.8 Å². The van der Waals surface area contributed by atoms with Crippen molar-refractivity contribution in [3.63, 3.8) is 0 Å². The van der Waals surface area contributed by atoms with Crippen LogP contribution in [-0.4, -0.2) is 52.8 Å². The van der Waals surface area contributed by atoms with Crippen molar-refractivity contribution in [2.45, 2.75) is 38.1 Å². The van der Waals surface area contributed by atoms with Crippen molar-refractivity contribution in [2.24, 2.45) is 11.5 Å². The first-order valence-electron chi connectivity index (χ1n) is 5.65. The molecule has 4 atom stereocenters. The number of primary amides is 1. The van der Waals surface area contributed by atoms with E-state index in [1.54, 1.807) is 0 Å². The second kappa shape index (κ2) is 7.97. The third-order valence-electron chi connectivity index (χ3n) is 2.42. The van der Waals surface area contributed by atoms with Crippen molar-refractivity contribution < 1.29 is 19.5 Å². The van der Waals surface area contributed by atoms with Gasteiger partial charge in [-0.15, -0.1) is 0 Å². The van der Waals surface area contributed by atoms with Gasteiger partial charge in [0, 0.05) is 5.75 Å². The average Bonchev–Trinajstić information content (AvgIpc) is 2.33. The fourth-order valence-corrected chi connectivity index (χ4v) is 1.37. The molecule has 3 amide bonds. The summed E-state index contributed by atoms with van der Waals surface area (Å²) in [6.45, 7) is 2.78. The molecule has 0 aliphatic rings. The third-order valence-corrected chi connectivity index (χ3v) is 2.78. The minimum atomic E-state index is -1.13. The van der Waals surface area contributed by atoms with Gasteiger partial charge < -0.3 is 27.2 Å². The number of rotatable bonds is 7. The van der Waals surface area contributed by atoms with Crippen LogP contribution in [0.5, 0.6) is 0 Å². The van der Waals surface area contributed by atoms with E-state index in [0.29, 0.717) is 0 Å². The Morgan fingerprint density at radius 2 is 1.74 bits per heavy atom. The zero-order chi connectivity index (χ0) is 15.2. The average molecular weight is 292 g/mol. The van der Waals surface area contributed by atoms with E-state index in [9.17, 15) is 14.4 Å². The maximum Gasteiger partial charge on any atom is 0.242 e. The third kappa shape index (κ3) is 5.90. The molecule has 0 fully saturated rings. The number of thiol groups is 1. The monoisotopic (exact) mass is 292 g/mol. The molecule has 0 aliphatic carbocycles. The first kappa shape index (κ1) is 17.7. The van der Waals surface area contributed by atoms with Gasteiger partial charge in [0.1, 0.15) is 18.1 Å². The summed E-state index contributed by atoms with van der Waals surface area (Å²) in [4.78, 5) is 34.1. The topological polar surface area (TPSA) is 148 Å². The molecule has 9 heteroatoms. The molecule has 0 aromatic heterocycles. The highest BCUT2D eigenvalue weighted by molar-refractivity contribution is 7.80. The molecule has 0 bridgehead atoms. The lowest BCUT2D eigenvalue weighted by atomic mass is 10.1. The van der Waals surface area contributed by atoms with Gasteiger partial charge >= 0.3 is 0 Å². The minimum absolute atomic E-state index is 0.0505. The first-order valence-corrected chi connectivity index (χ1v) is 6.28. The van der Waals surface area contributed by atoms with Crippen molar-refractivity contribution in [1.82, 2.24) is 10.6 Å². The molecule has 0 aliphatic heterocycles. The van der Waals surface area contributed by atoms with Crippen molar-refractivity contribution in [2.75, 3.05) is 5.75 Å². The minimum Gasteiger partial charge on any atom is -0.391 e. The SMILES string of the molecule is C[C@H](NC(=O)[C@@H](N)[C@@H](C)O)C(=O)N[C@@H](CS)C(N)=O. The number of aliphatic hydroxyl groups excluding tert-OH is 1. The van der Waals surface area contributed by atoms with Crippen LogP contribution in [0, 0.1) is 0 Å². The summed E-state index contributed by atoms with van der Waals surface area (Å²) in [6, 6.07) is -2.97. The van der Waals surface area contributed by atoms with Gasteiger partial charge in [-0.3, -0.25) is 14.4 Å². The number of hydrogen-bond donors (Lipinski definition) is 6. The number of carbonyl (C=O) groups is 3. The predicted molar refractivity (Wildman–Crippen MR) is 72.2 cm³/mol. The summed E-state index contributed by atoms with van der Waals surface area (Å²) in [6.07, 6.45) is -1.04. The zero-order valence-corrected chi connectivity index (χ0v) is 11.7. The highest BCUT2D eigenvalue weighted by Gasteiger charge is 2.25. The number of hydrogen-bond acceptors (Lipinski definition) is 6. The highest BCUT2D eigenvalue weighted by Crippen LogP contribution is 1.93. The molecule has 0 rings (SSSR count). The van der Waals surface area contributed by atoms with Crippen molar-refractivity contribution in [3.8, 4) is 0 Å². The number of nitrogens with one attached hydrogen (secondary N) is 2. The lowest BCUT2D eigenvalue weighted by Crippen LogP contribution is -2.56. The Bertz CT molecular complexity index is 350. The maximum absolute atomic E-state index is 11.7. The number of carbonyl (C=O) groups excluding carboxylic acids is 3. The molecule has 19 heavy (non-hydrogen) atoms. The molecule has 0 radical (unpaired) electrons. The largest absolute Gasteiger partial charge is 0.391 e. The van der Waals surface area contributed by atoms with Gasteiger partial charge in [0.05, 0.1) is 6.10 Å². The van der Waals surface area contributed by atoms with Crippen LogP contribution >= 0.6 is 12.6 Å². The fourth-order valence-electron chi connectivity index (χ4n) is 1.10. The van der Waals surface area contributed by atoms with Crippen LogP contribution in [0.2, 0.25) is 0 Å². The van der Waals surface area contributed by atoms with Gasteiger partial charge in [0.15, 0.2) is 0 Å². The van der Waals surface area contributed by atoms with Gasteiger partial charge in [0.25, 0.3) is 0 Å². The predicted octanol–water partition coefficient (Wildman–Crippen LogP) is -2.90. The van der Waals surface area contributed by atoms with E-state index in [4.69, 9.17) is 16.6 Å². The summed E-state index contributed by atoms with van der Waals surface area (Å²) in [7, 11) is 0. The molecule has 0 spiro atoms. The number of aliphatic hydroxyl groups is 1. The second-order valence-electron chi connectivity index (χ2n) is 4.14. The molecule has 0 heterocycles. The highest BCUT2D eigenvalue weighted by atomic mass is 32.1. The van der Waals surface area contributed by atoms with Crippen LogP contribution < -0.4 is 22.1 Å². The van der Waals surface area contributed by atoms with Crippen molar-refractivity contribution in [3.05, 3.63) is 0 Å². The summed E-state index contributed by atoms with van der Waals surface area (Å²) < 4.78 is 0. The van der Waals surface area contributed by atoms with E-state index in [0.717, 1.165) is 0 Å². The lowest BCUT2D eigenvalue weighted by molar-refractivity contribution is -0.131. The van der Waals surface area contributed by atoms with Crippen molar-refractivity contribution >= 4 is 30.4 Å².